The largest absolute Gasteiger partial charge is 0.311 e. The molecule has 0 N–H and O–H groups in total. The first-order chi connectivity index (χ1) is 14.0. The Labute approximate surface area is 167 Å². The second-order valence-electron chi connectivity index (χ2n) is 6.54. The maximum Gasteiger partial charge on any atom is 0.291 e. The number of halogens is 1. The van der Waals surface area contributed by atoms with Crippen molar-refractivity contribution in [2.45, 2.75) is 0 Å². The average molecular weight is 404 g/mol. The van der Waals surface area contributed by atoms with Gasteiger partial charge >= 0.3 is 0 Å². The molecule has 4 aromatic rings. The van der Waals surface area contributed by atoms with Crippen LogP contribution in [0.4, 0.5) is 10.1 Å². The molecule has 1 aliphatic heterocycles. The molecule has 5 rings (SSSR count). The molecule has 2 aromatic heterocycles. The van der Waals surface area contributed by atoms with E-state index in [9.17, 15) is 14.0 Å². The molecule has 1 aliphatic rings. The number of nitrogens with zero attached hydrogens (tertiary/aromatic N) is 4. The Morgan fingerprint density at radius 3 is 2.55 bits per heavy atom. The monoisotopic (exact) mass is 404 g/mol. The fourth-order valence-corrected chi connectivity index (χ4v) is 4.31. The van der Waals surface area contributed by atoms with Crippen molar-refractivity contribution in [2.24, 2.45) is 0 Å². The highest BCUT2D eigenvalue weighted by Crippen LogP contribution is 2.33. The van der Waals surface area contributed by atoms with E-state index in [1.807, 2.05) is 24.3 Å². The number of fused-ring (bicyclic) bond motifs is 2. The SMILES string of the molecule is CN1C(=O)/C(=c2\sc3nc(/C=C/c4ccc(F)cc4)nn3c2=O)c2ccccc21. The number of likely N-dealkylation sites (N-methyl/N-ethyl adjacent to an activating group) is 1. The van der Waals surface area contributed by atoms with Gasteiger partial charge in [-0.3, -0.25) is 9.59 Å². The van der Waals surface area contributed by atoms with Gasteiger partial charge in [0.2, 0.25) is 4.96 Å². The van der Waals surface area contributed by atoms with Gasteiger partial charge in [-0.15, -0.1) is 5.10 Å². The van der Waals surface area contributed by atoms with E-state index in [2.05, 4.69) is 10.1 Å². The molecule has 29 heavy (non-hydrogen) atoms. The summed E-state index contributed by atoms with van der Waals surface area (Å²) in [6.07, 6.45) is 3.40. The van der Waals surface area contributed by atoms with Crippen LogP contribution in [-0.2, 0) is 4.79 Å². The van der Waals surface area contributed by atoms with Crippen LogP contribution < -0.4 is 15.0 Å². The van der Waals surface area contributed by atoms with E-state index in [1.165, 1.54) is 21.5 Å². The Bertz CT molecular complexity index is 1420. The Morgan fingerprint density at radius 1 is 1.03 bits per heavy atom. The van der Waals surface area contributed by atoms with Crippen molar-refractivity contribution in [3.63, 3.8) is 0 Å². The first-order valence-electron chi connectivity index (χ1n) is 8.78. The fraction of sp³-hybridized carbons (Fsp3) is 0.0476. The molecular weight excluding hydrogens is 391 g/mol. The molecule has 0 aliphatic carbocycles. The number of amides is 1. The predicted octanol–water partition coefficient (Wildman–Crippen LogP) is 2.35. The predicted molar refractivity (Wildman–Crippen MR) is 110 cm³/mol. The lowest BCUT2D eigenvalue weighted by atomic mass is 10.1. The summed E-state index contributed by atoms with van der Waals surface area (Å²) in [5, 5.41) is 4.24. The second kappa shape index (κ2) is 6.46. The van der Waals surface area contributed by atoms with Gasteiger partial charge in [0.15, 0.2) is 5.82 Å². The van der Waals surface area contributed by atoms with Gasteiger partial charge < -0.3 is 4.90 Å². The molecule has 0 fully saturated rings. The minimum Gasteiger partial charge on any atom is -0.311 e. The van der Waals surface area contributed by atoms with Gasteiger partial charge in [0.1, 0.15) is 10.3 Å². The Hall–Kier alpha value is -3.65. The molecule has 0 bridgehead atoms. The van der Waals surface area contributed by atoms with Crippen LogP contribution in [0.3, 0.4) is 0 Å². The molecule has 8 heteroatoms. The summed E-state index contributed by atoms with van der Waals surface area (Å²) in [5.41, 5.74) is 2.31. The second-order valence-corrected chi connectivity index (χ2v) is 7.52. The molecule has 0 atom stereocenters. The number of aromatic nitrogens is 3. The number of para-hydroxylation sites is 1. The third-order valence-corrected chi connectivity index (χ3v) is 5.78. The van der Waals surface area contributed by atoms with Crippen molar-refractivity contribution in [1.29, 1.82) is 0 Å². The third kappa shape index (κ3) is 2.76. The highest BCUT2D eigenvalue weighted by Gasteiger charge is 2.31. The van der Waals surface area contributed by atoms with Crippen molar-refractivity contribution in [3.8, 4) is 0 Å². The summed E-state index contributed by atoms with van der Waals surface area (Å²) in [6, 6.07) is 13.4. The highest BCUT2D eigenvalue weighted by atomic mass is 32.1. The standard InChI is InChI=1S/C21H13FN4O2S/c1-25-15-5-3-2-4-14(15)17(19(25)27)18-20(28)26-21(29-18)23-16(24-26)11-8-12-6-9-13(22)10-7-12/h2-11H,1H3/b11-8+,18-17-. The maximum absolute atomic E-state index is 13.0. The van der Waals surface area contributed by atoms with Gasteiger partial charge in [-0.05, 0) is 29.8 Å². The van der Waals surface area contributed by atoms with Crippen LogP contribution in [0.15, 0.2) is 53.3 Å². The van der Waals surface area contributed by atoms with Crippen molar-refractivity contribution < 1.29 is 9.18 Å². The van der Waals surface area contributed by atoms with Gasteiger partial charge in [0.05, 0.1) is 11.3 Å². The first kappa shape index (κ1) is 17.4. The van der Waals surface area contributed by atoms with E-state index in [-0.39, 0.29) is 17.3 Å². The quantitative estimate of drug-likeness (QED) is 0.514. The van der Waals surface area contributed by atoms with E-state index in [0.717, 1.165) is 28.2 Å². The van der Waals surface area contributed by atoms with Crippen LogP contribution in [-0.4, -0.2) is 27.6 Å². The zero-order valence-corrected chi connectivity index (χ0v) is 16.0. The van der Waals surface area contributed by atoms with Gasteiger partial charge in [-0.1, -0.05) is 47.7 Å². The zero-order valence-electron chi connectivity index (χ0n) is 15.2. The van der Waals surface area contributed by atoms with Crippen LogP contribution in [0.1, 0.15) is 17.0 Å². The van der Waals surface area contributed by atoms with Crippen LogP contribution in [0.2, 0.25) is 0 Å². The topological polar surface area (TPSA) is 67.6 Å². The molecule has 0 saturated carbocycles. The van der Waals surface area contributed by atoms with E-state index in [0.29, 0.717) is 20.9 Å². The van der Waals surface area contributed by atoms with E-state index in [4.69, 9.17) is 0 Å². The molecule has 2 aromatic carbocycles. The van der Waals surface area contributed by atoms with Crippen LogP contribution in [0.5, 0.6) is 0 Å². The smallest absolute Gasteiger partial charge is 0.291 e. The fourth-order valence-electron chi connectivity index (χ4n) is 3.30. The number of carbonyl (C=O) groups is 1. The molecular formula is C21H13FN4O2S. The number of carbonyl (C=O) groups excluding carboxylic acids is 1. The summed E-state index contributed by atoms with van der Waals surface area (Å²) in [6.45, 7) is 0. The number of thiazole rings is 1. The Kier molecular flexibility index (Phi) is 3.88. The maximum atomic E-state index is 13.0. The van der Waals surface area contributed by atoms with Gasteiger partial charge in [0, 0.05) is 12.6 Å². The normalized spacial score (nSPS) is 15.7. The summed E-state index contributed by atoms with van der Waals surface area (Å²) in [7, 11) is 1.69. The van der Waals surface area contributed by atoms with Crippen molar-refractivity contribution in [1.82, 2.24) is 14.6 Å². The van der Waals surface area contributed by atoms with Gasteiger partial charge in [-0.2, -0.15) is 9.50 Å². The molecule has 1 amide bonds. The molecule has 0 spiro atoms. The van der Waals surface area contributed by atoms with Gasteiger partial charge in [0.25, 0.3) is 11.5 Å². The lowest BCUT2D eigenvalue weighted by molar-refractivity contribution is -0.112. The number of rotatable bonds is 2. The number of hydrogen-bond donors (Lipinski definition) is 0. The number of hydrogen-bond acceptors (Lipinski definition) is 5. The van der Waals surface area contributed by atoms with Crippen molar-refractivity contribution in [3.05, 3.63) is 86.2 Å². The summed E-state index contributed by atoms with van der Waals surface area (Å²) < 4.78 is 14.5. The Balaban J connectivity index is 1.60. The minimum absolute atomic E-state index is 0.218. The summed E-state index contributed by atoms with van der Waals surface area (Å²) in [4.78, 5) is 32.0. The summed E-state index contributed by atoms with van der Waals surface area (Å²) in [5.74, 6) is -0.161. The van der Waals surface area contributed by atoms with Crippen LogP contribution in [0.25, 0.3) is 22.7 Å². The average Bonchev–Trinajstić information content (AvgIpc) is 3.34. The zero-order chi connectivity index (χ0) is 20.1. The van der Waals surface area contributed by atoms with E-state index in [1.54, 1.807) is 31.3 Å². The van der Waals surface area contributed by atoms with Crippen molar-refractivity contribution in [2.75, 3.05) is 11.9 Å². The van der Waals surface area contributed by atoms with Crippen LogP contribution >= 0.6 is 11.3 Å². The van der Waals surface area contributed by atoms with E-state index < -0.39 is 0 Å². The van der Waals surface area contributed by atoms with Crippen molar-refractivity contribution >= 4 is 45.6 Å². The lowest BCUT2D eigenvalue weighted by Gasteiger charge is -2.07. The summed E-state index contributed by atoms with van der Waals surface area (Å²) >= 11 is 1.14. The molecule has 0 saturated heterocycles. The van der Waals surface area contributed by atoms with Gasteiger partial charge in [-0.25, -0.2) is 4.39 Å². The molecule has 0 radical (unpaired) electrons. The highest BCUT2D eigenvalue weighted by molar-refractivity contribution is 7.15. The minimum atomic E-state index is -0.368. The van der Waals surface area contributed by atoms with Crippen LogP contribution in [0, 0.1) is 5.82 Å². The third-order valence-electron chi connectivity index (χ3n) is 4.75. The molecule has 6 nitrogen and oxygen atoms in total. The lowest BCUT2D eigenvalue weighted by Crippen LogP contribution is -2.30. The van der Waals surface area contributed by atoms with E-state index >= 15 is 0 Å². The Morgan fingerprint density at radius 2 is 1.79 bits per heavy atom. The molecule has 0 unspecified atom stereocenters. The number of anilines is 1. The first-order valence-corrected chi connectivity index (χ1v) is 9.59. The number of benzene rings is 2. The molecule has 142 valence electrons. The molecule has 3 heterocycles.